The number of hydrogen-bond donors (Lipinski definition) is 1. The fraction of sp³-hybridized carbons (Fsp3) is 0.692. The lowest BCUT2D eigenvalue weighted by Gasteiger charge is -2.40. The van der Waals surface area contributed by atoms with Gasteiger partial charge in [-0.3, -0.25) is 4.79 Å². The van der Waals surface area contributed by atoms with Gasteiger partial charge in [-0.1, -0.05) is 0 Å². The summed E-state index contributed by atoms with van der Waals surface area (Å²) < 4.78 is 63.8. The van der Waals surface area contributed by atoms with E-state index >= 15 is 0 Å². The van der Waals surface area contributed by atoms with E-state index in [4.69, 9.17) is 0 Å². The van der Waals surface area contributed by atoms with Crippen LogP contribution in [0.5, 0.6) is 0 Å². The monoisotopic (exact) mass is 368 g/mol. The molecule has 136 valence electrons. The summed E-state index contributed by atoms with van der Waals surface area (Å²) in [5.74, 6) is -0.850. The number of halogens is 3. The van der Waals surface area contributed by atoms with E-state index in [1.807, 2.05) is 5.32 Å². The number of imidazole rings is 1. The van der Waals surface area contributed by atoms with Gasteiger partial charge in [0.05, 0.1) is 12.1 Å². The van der Waals surface area contributed by atoms with E-state index in [-0.39, 0.29) is 31.7 Å². The quantitative estimate of drug-likeness (QED) is 0.829. The maximum Gasteiger partial charge on any atom is 0.405 e. The number of carbonyl (C=O) groups excluding carboxylic acids is 1. The first-order chi connectivity index (χ1) is 11.1. The molecular formula is C13H19F3N4O3S. The molecular weight excluding hydrogens is 349 g/mol. The van der Waals surface area contributed by atoms with Gasteiger partial charge in [0.1, 0.15) is 12.1 Å². The molecule has 0 spiro atoms. The maximum absolute atomic E-state index is 12.5. The Balaban J connectivity index is 2.21. The van der Waals surface area contributed by atoms with Crippen LogP contribution in [0, 0.1) is 0 Å². The van der Waals surface area contributed by atoms with Crippen LogP contribution in [-0.4, -0.2) is 59.7 Å². The Morgan fingerprint density at radius 3 is 2.42 bits per heavy atom. The number of carbonyl (C=O) groups is 1. The van der Waals surface area contributed by atoms with Crippen molar-refractivity contribution in [2.45, 2.75) is 31.5 Å². The van der Waals surface area contributed by atoms with Crippen molar-refractivity contribution in [3.8, 4) is 0 Å². The zero-order valence-corrected chi connectivity index (χ0v) is 13.9. The van der Waals surface area contributed by atoms with Gasteiger partial charge in [-0.05, 0) is 19.8 Å². The molecule has 1 N–H and O–H groups in total. The third-order valence-corrected chi connectivity index (χ3v) is 6.06. The van der Waals surface area contributed by atoms with Crippen molar-refractivity contribution in [1.82, 2.24) is 19.2 Å². The summed E-state index contributed by atoms with van der Waals surface area (Å²) in [7, 11) is -3.40. The Kier molecular flexibility index (Phi) is 5.23. The highest BCUT2D eigenvalue weighted by Gasteiger charge is 2.45. The van der Waals surface area contributed by atoms with Crippen molar-refractivity contribution in [3.63, 3.8) is 0 Å². The Morgan fingerprint density at radius 1 is 1.33 bits per heavy atom. The molecule has 1 aliphatic heterocycles. The van der Waals surface area contributed by atoms with Crippen molar-refractivity contribution < 1.29 is 26.4 Å². The molecule has 0 bridgehead atoms. The fourth-order valence-corrected chi connectivity index (χ4v) is 3.88. The predicted molar refractivity (Wildman–Crippen MR) is 79.5 cm³/mol. The van der Waals surface area contributed by atoms with Crippen molar-refractivity contribution >= 4 is 15.9 Å². The zero-order chi connectivity index (χ0) is 18.0. The number of sulfonamides is 1. The lowest BCUT2D eigenvalue weighted by Crippen LogP contribution is -2.56. The minimum Gasteiger partial charge on any atom is -0.345 e. The number of alkyl halides is 3. The SMILES string of the molecule is CCS(=O)(=O)N1CCC(C(=O)NCC(F)(F)F)(n2ccnc2)CC1. The third kappa shape index (κ3) is 3.89. The molecule has 1 saturated heterocycles. The fourth-order valence-electron chi connectivity index (χ4n) is 2.78. The van der Waals surface area contributed by atoms with Crippen LogP contribution in [0.2, 0.25) is 0 Å². The largest absolute Gasteiger partial charge is 0.405 e. The molecule has 1 aliphatic rings. The first kappa shape index (κ1) is 18.7. The van der Waals surface area contributed by atoms with Gasteiger partial charge in [-0.2, -0.15) is 13.2 Å². The molecule has 0 saturated carbocycles. The third-order valence-electron chi connectivity index (χ3n) is 4.18. The van der Waals surface area contributed by atoms with E-state index in [9.17, 15) is 26.4 Å². The molecule has 1 aromatic rings. The molecule has 1 fully saturated rings. The number of hydrogen-bond acceptors (Lipinski definition) is 4. The van der Waals surface area contributed by atoms with E-state index in [2.05, 4.69) is 4.98 Å². The molecule has 0 radical (unpaired) electrons. The van der Waals surface area contributed by atoms with Crippen molar-refractivity contribution in [3.05, 3.63) is 18.7 Å². The van der Waals surface area contributed by atoms with Crippen LogP contribution in [0.3, 0.4) is 0 Å². The predicted octanol–water partition coefficient (Wildman–Crippen LogP) is 0.702. The minimum absolute atomic E-state index is 0.0633. The molecule has 2 heterocycles. The second kappa shape index (κ2) is 6.71. The van der Waals surface area contributed by atoms with E-state index in [0.29, 0.717) is 0 Å². The van der Waals surface area contributed by atoms with Crippen LogP contribution in [0.15, 0.2) is 18.7 Å². The summed E-state index contributed by atoms with van der Waals surface area (Å²) >= 11 is 0. The molecule has 0 unspecified atom stereocenters. The van der Waals surface area contributed by atoms with Gasteiger partial charge < -0.3 is 9.88 Å². The number of amides is 1. The van der Waals surface area contributed by atoms with Crippen LogP contribution in [-0.2, 0) is 20.4 Å². The van der Waals surface area contributed by atoms with Gasteiger partial charge in [-0.25, -0.2) is 17.7 Å². The maximum atomic E-state index is 12.5. The Morgan fingerprint density at radius 2 is 1.96 bits per heavy atom. The normalized spacial score (nSPS) is 19.2. The summed E-state index contributed by atoms with van der Waals surface area (Å²) in [5, 5.41) is 1.91. The lowest BCUT2D eigenvalue weighted by atomic mass is 9.87. The molecule has 1 amide bonds. The van der Waals surface area contributed by atoms with Crippen LogP contribution in [0.25, 0.3) is 0 Å². The molecule has 0 aliphatic carbocycles. The van der Waals surface area contributed by atoms with Gasteiger partial charge in [0.2, 0.25) is 15.9 Å². The standard InChI is InChI=1S/C13H19F3N4O3S/c1-2-24(22,23)20-6-3-12(4-7-20,19-8-5-17-10-19)11(21)18-9-13(14,15)16/h5,8,10H,2-4,6-7,9H2,1H3,(H,18,21). The van der Waals surface area contributed by atoms with Crippen LogP contribution < -0.4 is 5.32 Å². The summed E-state index contributed by atoms with van der Waals surface area (Å²) in [6.07, 6.45) is -0.0845. The minimum atomic E-state index is -4.52. The average molecular weight is 368 g/mol. The highest BCUT2D eigenvalue weighted by Crippen LogP contribution is 2.32. The molecule has 11 heteroatoms. The number of piperidine rings is 1. The van der Waals surface area contributed by atoms with Crippen molar-refractivity contribution in [2.24, 2.45) is 0 Å². The van der Waals surface area contributed by atoms with E-state index in [1.165, 1.54) is 34.5 Å². The second-order valence-corrected chi connectivity index (χ2v) is 7.86. The molecule has 0 aromatic carbocycles. The Hall–Kier alpha value is -1.62. The second-order valence-electron chi connectivity index (χ2n) is 5.60. The number of rotatable bonds is 5. The van der Waals surface area contributed by atoms with Gasteiger partial charge in [0.25, 0.3) is 0 Å². The first-order valence-corrected chi connectivity index (χ1v) is 9.03. The van der Waals surface area contributed by atoms with E-state index < -0.39 is 34.2 Å². The zero-order valence-electron chi connectivity index (χ0n) is 13.1. The number of nitrogens with zero attached hydrogens (tertiary/aromatic N) is 3. The topological polar surface area (TPSA) is 84.3 Å². The van der Waals surface area contributed by atoms with Crippen LogP contribution in [0.1, 0.15) is 19.8 Å². The lowest BCUT2D eigenvalue weighted by molar-refractivity contribution is -0.145. The van der Waals surface area contributed by atoms with Gasteiger partial charge in [0.15, 0.2) is 0 Å². The van der Waals surface area contributed by atoms with Gasteiger partial charge in [-0.15, -0.1) is 0 Å². The molecule has 7 nitrogen and oxygen atoms in total. The Labute approximate surface area is 137 Å². The summed E-state index contributed by atoms with van der Waals surface area (Å²) in [4.78, 5) is 16.3. The van der Waals surface area contributed by atoms with Gasteiger partial charge >= 0.3 is 6.18 Å². The van der Waals surface area contributed by atoms with Gasteiger partial charge in [0, 0.05) is 25.5 Å². The van der Waals surface area contributed by atoms with Crippen molar-refractivity contribution in [1.29, 1.82) is 0 Å². The molecule has 24 heavy (non-hydrogen) atoms. The summed E-state index contributed by atoms with van der Waals surface area (Å²) in [6, 6.07) is 0. The average Bonchev–Trinajstić information content (AvgIpc) is 3.06. The summed E-state index contributed by atoms with van der Waals surface area (Å²) in [6.45, 7) is 0.212. The molecule has 2 rings (SSSR count). The number of aromatic nitrogens is 2. The molecule has 1 aromatic heterocycles. The number of nitrogens with one attached hydrogen (secondary N) is 1. The van der Waals surface area contributed by atoms with E-state index in [0.717, 1.165) is 0 Å². The Bertz CT molecular complexity index is 665. The van der Waals surface area contributed by atoms with Crippen LogP contribution >= 0.6 is 0 Å². The first-order valence-electron chi connectivity index (χ1n) is 7.42. The van der Waals surface area contributed by atoms with Crippen LogP contribution in [0.4, 0.5) is 13.2 Å². The smallest absolute Gasteiger partial charge is 0.345 e. The molecule has 0 atom stereocenters. The highest BCUT2D eigenvalue weighted by molar-refractivity contribution is 7.89. The highest BCUT2D eigenvalue weighted by atomic mass is 32.2. The van der Waals surface area contributed by atoms with E-state index in [1.54, 1.807) is 0 Å². The van der Waals surface area contributed by atoms with Crippen molar-refractivity contribution in [2.75, 3.05) is 25.4 Å². The summed E-state index contributed by atoms with van der Waals surface area (Å²) in [5.41, 5.74) is -1.28.